The molecule has 1 nitrogen and oxygen atoms in total. The van der Waals surface area contributed by atoms with Gasteiger partial charge in [-0.1, -0.05) is 71.2 Å². The van der Waals surface area contributed by atoms with Crippen LogP contribution in [-0.4, -0.2) is 9.58 Å². The summed E-state index contributed by atoms with van der Waals surface area (Å²) in [5.41, 5.74) is 1.84. The van der Waals surface area contributed by atoms with Gasteiger partial charge in [0.1, 0.15) is 0 Å². The third-order valence-corrected chi connectivity index (χ3v) is 2.40. The van der Waals surface area contributed by atoms with E-state index in [-0.39, 0.29) is 0 Å². The van der Waals surface area contributed by atoms with Crippen LogP contribution in [0.1, 0.15) is 22.8 Å². The molecule has 0 saturated carbocycles. The van der Waals surface area contributed by atoms with E-state index in [0.717, 1.165) is 5.57 Å². The summed E-state index contributed by atoms with van der Waals surface area (Å²) in [7, 11) is 0. The van der Waals surface area contributed by atoms with Crippen LogP contribution in [0.5, 0.6) is 0 Å². The number of benzene rings is 1. The van der Waals surface area contributed by atoms with Crippen LogP contribution in [0, 0.1) is 0 Å². The highest BCUT2D eigenvalue weighted by molar-refractivity contribution is 6.77. The molecular formula is C11H9Cl3O. The normalized spacial score (nSPS) is 11.2. The molecule has 0 saturated heterocycles. The van der Waals surface area contributed by atoms with Gasteiger partial charge in [-0.3, -0.25) is 4.79 Å². The van der Waals surface area contributed by atoms with Crippen LogP contribution in [0.2, 0.25) is 0 Å². The van der Waals surface area contributed by atoms with Crippen LogP contribution in [0.4, 0.5) is 0 Å². The Morgan fingerprint density at radius 3 is 2.07 bits per heavy atom. The number of hydrogen-bond donors (Lipinski definition) is 0. The van der Waals surface area contributed by atoms with Crippen molar-refractivity contribution in [3.05, 3.63) is 42.0 Å². The third kappa shape index (κ3) is 2.97. The van der Waals surface area contributed by atoms with Crippen LogP contribution in [0.3, 0.4) is 0 Å². The van der Waals surface area contributed by atoms with Gasteiger partial charge in [-0.25, -0.2) is 0 Å². The Hall–Kier alpha value is -0.500. The molecule has 0 spiro atoms. The molecule has 0 N–H and O–H groups in total. The van der Waals surface area contributed by atoms with Crippen molar-refractivity contribution in [2.24, 2.45) is 0 Å². The molecule has 0 fully saturated rings. The Kier molecular flexibility index (Phi) is 3.82. The van der Waals surface area contributed by atoms with E-state index in [1.54, 1.807) is 31.2 Å². The lowest BCUT2D eigenvalue weighted by atomic mass is 9.99. The zero-order chi connectivity index (χ0) is 11.6. The van der Waals surface area contributed by atoms with Gasteiger partial charge < -0.3 is 0 Å². The van der Waals surface area contributed by atoms with Crippen LogP contribution in [0.15, 0.2) is 30.8 Å². The number of rotatable bonds is 2. The molecule has 15 heavy (non-hydrogen) atoms. The highest BCUT2D eigenvalue weighted by Gasteiger charge is 2.32. The molecule has 0 unspecified atom stereocenters. The van der Waals surface area contributed by atoms with E-state index in [4.69, 9.17) is 34.8 Å². The highest BCUT2D eigenvalue weighted by atomic mass is 35.6. The van der Waals surface area contributed by atoms with Gasteiger partial charge in [-0.2, -0.15) is 0 Å². The maximum atomic E-state index is 11.8. The van der Waals surface area contributed by atoms with Crippen molar-refractivity contribution in [1.82, 2.24) is 0 Å². The summed E-state index contributed by atoms with van der Waals surface area (Å²) in [5, 5.41) is 0. The predicted octanol–water partition coefficient (Wildman–Crippen LogP) is 4.27. The summed E-state index contributed by atoms with van der Waals surface area (Å²) in [6.07, 6.45) is 0. The summed E-state index contributed by atoms with van der Waals surface area (Å²) in [4.78, 5) is 11.8. The van der Waals surface area contributed by atoms with Gasteiger partial charge in [0.25, 0.3) is 3.79 Å². The first-order valence-corrected chi connectivity index (χ1v) is 5.34. The Morgan fingerprint density at radius 2 is 1.67 bits per heavy atom. The number of halogens is 3. The van der Waals surface area contributed by atoms with E-state index in [2.05, 4.69) is 6.58 Å². The van der Waals surface area contributed by atoms with Crippen molar-refractivity contribution < 1.29 is 4.79 Å². The fraction of sp³-hybridized carbons (Fsp3) is 0.182. The fourth-order valence-electron chi connectivity index (χ4n) is 1.21. The summed E-state index contributed by atoms with van der Waals surface area (Å²) in [6, 6.07) is 6.91. The van der Waals surface area contributed by atoms with Gasteiger partial charge in [0, 0.05) is 5.56 Å². The minimum atomic E-state index is -1.93. The number of alkyl halides is 3. The summed E-state index contributed by atoms with van der Waals surface area (Å²) in [5.74, 6) is -0.536. The molecular weight excluding hydrogens is 254 g/mol. The van der Waals surface area contributed by atoms with Crippen molar-refractivity contribution in [3.63, 3.8) is 0 Å². The van der Waals surface area contributed by atoms with Gasteiger partial charge in [-0.15, -0.1) is 0 Å². The number of Topliss-reactive ketones (excluding diaryl/α,β-unsaturated/α-hetero) is 1. The molecule has 0 atom stereocenters. The highest BCUT2D eigenvalue weighted by Crippen LogP contribution is 2.32. The Bertz CT molecular complexity index is 405. The minimum Gasteiger partial charge on any atom is -0.289 e. The Morgan fingerprint density at radius 1 is 1.20 bits per heavy atom. The van der Waals surface area contributed by atoms with Crippen molar-refractivity contribution in [3.8, 4) is 0 Å². The lowest BCUT2D eigenvalue weighted by Crippen LogP contribution is -2.20. The maximum Gasteiger partial charge on any atom is 0.253 e. The molecule has 0 aliphatic carbocycles. The molecule has 0 heterocycles. The van der Waals surface area contributed by atoms with Crippen molar-refractivity contribution in [1.29, 1.82) is 0 Å². The third-order valence-electron chi connectivity index (χ3n) is 1.89. The molecule has 0 bridgehead atoms. The molecule has 4 heteroatoms. The second-order valence-corrected chi connectivity index (χ2v) is 5.43. The number of carbonyl (C=O) groups is 1. The standard InChI is InChI=1S/C11H9Cl3O/c1-7(2)8-5-3-4-6-9(8)10(15)11(12,13)14/h3-6H,1H2,2H3. The summed E-state index contributed by atoms with van der Waals surface area (Å²) in [6.45, 7) is 5.57. The second kappa shape index (κ2) is 4.56. The molecule has 0 amide bonds. The number of carbonyl (C=O) groups excluding carboxylic acids is 1. The quantitative estimate of drug-likeness (QED) is 0.575. The maximum absolute atomic E-state index is 11.8. The molecule has 0 aliphatic heterocycles. The monoisotopic (exact) mass is 262 g/mol. The molecule has 1 aromatic rings. The average molecular weight is 264 g/mol. The number of allylic oxidation sites excluding steroid dienone is 1. The zero-order valence-corrected chi connectivity index (χ0v) is 10.3. The lowest BCUT2D eigenvalue weighted by Gasteiger charge is -2.13. The average Bonchev–Trinajstić information content (AvgIpc) is 2.15. The minimum absolute atomic E-state index is 0.380. The number of ketones is 1. The van der Waals surface area contributed by atoms with Gasteiger partial charge in [0.2, 0.25) is 5.78 Å². The fourth-order valence-corrected chi connectivity index (χ4v) is 1.51. The molecule has 1 aromatic carbocycles. The van der Waals surface area contributed by atoms with Crippen LogP contribution >= 0.6 is 34.8 Å². The topological polar surface area (TPSA) is 17.1 Å². The molecule has 80 valence electrons. The van der Waals surface area contributed by atoms with E-state index in [1.807, 2.05) is 0 Å². The molecule has 0 aromatic heterocycles. The summed E-state index contributed by atoms with van der Waals surface area (Å²) < 4.78 is -1.93. The van der Waals surface area contributed by atoms with Crippen molar-refractivity contribution in [2.75, 3.05) is 0 Å². The lowest BCUT2D eigenvalue weighted by molar-refractivity contribution is 0.0996. The van der Waals surface area contributed by atoms with Crippen LogP contribution in [-0.2, 0) is 0 Å². The van der Waals surface area contributed by atoms with E-state index < -0.39 is 9.58 Å². The van der Waals surface area contributed by atoms with Crippen molar-refractivity contribution in [2.45, 2.75) is 10.7 Å². The first-order valence-electron chi connectivity index (χ1n) is 4.20. The predicted molar refractivity (Wildman–Crippen MR) is 65.8 cm³/mol. The Labute approximate surface area is 104 Å². The van der Waals surface area contributed by atoms with E-state index in [0.29, 0.717) is 11.1 Å². The van der Waals surface area contributed by atoms with Gasteiger partial charge in [-0.05, 0) is 12.5 Å². The van der Waals surface area contributed by atoms with Gasteiger partial charge >= 0.3 is 0 Å². The molecule has 0 aliphatic rings. The van der Waals surface area contributed by atoms with Crippen molar-refractivity contribution >= 4 is 46.2 Å². The van der Waals surface area contributed by atoms with Gasteiger partial charge in [0.05, 0.1) is 0 Å². The first kappa shape index (κ1) is 12.6. The van der Waals surface area contributed by atoms with E-state index in [9.17, 15) is 4.79 Å². The summed E-state index contributed by atoms with van der Waals surface area (Å²) >= 11 is 16.6. The number of hydrogen-bond acceptors (Lipinski definition) is 1. The van der Waals surface area contributed by atoms with Crippen LogP contribution < -0.4 is 0 Å². The largest absolute Gasteiger partial charge is 0.289 e. The zero-order valence-electron chi connectivity index (χ0n) is 8.06. The van der Waals surface area contributed by atoms with E-state index >= 15 is 0 Å². The first-order chi connectivity index (χ1) is 6.84. The Balaban J connectivity index is 3.26. The van der Waals surface area contributed by atoms with Crippen LogP contribution in [0.25, 0.3) is 5.57 Å². The smallest absolute Gasteiger partial charge is 0.253 e. The van der Waals surface area contributed by atoms with E-state index in [1.165, 1.54) is 0 Å². The molecule has 0 radical (unpaired) electrons. The SMILES string of the molecule is C=C(C)c1ccccc1C(=O)C(Cl)(Cl)Cl. The molecule has 1 rings (SSSR count). The van der Waals surface area contributed by atoms with Gasteiger partial charge in [0.15, 0.2) is 0 Å². The second-order valence-electron chi connectivity index (χ2n) is 3.15.